The summed E-state index contributed by atoms with van der Waals surface area (Å²) in [7, 11) is 0. The predicted molar refractivity (Wildman–Crippen MR) is 86.1 cm³/mol. The molecule has 1 heterocycles. The first-order valence-corrected chi connectivity index (χ1v) is 7.69. The summed E-state index contributed by atoms with van der Waals surface area (Å²) in [6.07, 6.45) is 1.78. The van der Waals surface area contributed by atoms with Gasteiger partial charge in [0.15, 0.2) is 5.82 Å². The van der Waals surface area contributed by atoms with Crippen LogP contribution in [0.5, 0.6) is 0 Å². The number of anilines is 1. The molecule has 0 radical (unpaired) electrons. The number of aromatic nitrogens is 2. The number of carbonyl (C=O) groups is 1. The molecule has 1 aromatic heterocycles. The van der Waals surface area contributed by atoms with E-state index in [1.165, 1.54) is 0 Å². The van der Waals surface area contributed by atoms with Crippen LogP contribution in [0.15, 0.2) is 28.8 Å². The van der Waals surface area contributed by atoms with E-state index >= 15 is 0 Å². The fourth-order valence-corrected chi connectivity index (χ4v) is 1.96. The fraction of sp³-hybridized carbons (Fsp3) is 0.438. The summed E-state index contributed by atoms with van der Waals surface area (Å²) in [5, 5.41) is 18.7. The van der Waals surface area contributed by atoms with Crippen LogP contribution in [0, 0.1) is 0 Å². The second-order valence-corrected chi connectivity index (χ2v) is 5.34. The maximum atomic E-state index is 11.9. The van der Waals surface area contributed by atoms with Crippen molar-refractivity contribution in [3.63, 3.8) is 0 Å². The molecule has 23 heavy (non-hydrogen) atoms. The highest BCUT2D eigenvalue weighted by atomic mass is 16.5. The maximum absolute atomic E-state index is 11.9. The number of amides is 1. The van der Waals surface area contributed by atoms with Gasteiger partial charge in [-0.05, 0) is 37.6 Å². The van der Waals surface area contributed by atoms with Crippen LogP contribution in [0.25, 0.3) is 0 Å². The molecule has 0 aliphatic rings. The number of hydrogen-bond donors (Lipinski definition) is 3. The zero-order valence-corrected chi connectivity index (χ0v) is 13.4. The molecular formula is C16H22N4O3. The second kappa shape index (κ2) is 8.28. The van der Waals surface area contributed by atoms with E-state index in [1.807, 2.05) is 12.1 Å². The molecule has 124 valence electrons. The zero-order valence-electron chi connectivity index (χ0n) is 13.4. The number of aliphatic hydroxyl groups is 1. The summed E-state index contributed by atoms with van der Waals surface area (Å²) in [6, 6.07) is 6.79. The largest absolute Gasteiger partial charge is 0.394 e. The molecule has 1 unspecified atom stereocenters. The lowest BCUT2D eigenvalue weighted by atomic mass is 10.2. The second-order valence-electron chi connectivity index (χ2n) is 5.34. The molecule has 7 nitrogen and oxygen atoms in total. The lowest BCUT2D eigenvalue weighted by molar-refractivity contribution is 0.0922. The van der Waals surface area contributed by atoms with Crippen molar-refractivity contribution >= 4 is 11.6 Å². The molecule has 0 spiro atoms. The van der Waals surface area contributed by atoms with Gasteiger partial charge in [0, 0.05) is 23.7 Å². The van der Waals surface area contributed by atoms with Gasteiger partial charge in [-0.3, -0.25) is 4.79 Å². The molecule has 1 atom stereocenters. The Balaban J connectivity index is 1.88. The van der Waals surface area contributed by atoms with Gasteiger partial charge in [-0.1, -0.05) is 12.1 Å². The molecule has 2 aromatic rings. The van der Waals surface area contributed by atoms with Crippen LogP contribution in [0.2, 0.25) is 0 Å². The number of aliphatic hydroxyl groups excluding tert-OH is 1. The van der Waals surface area contributed by atoms with E-state index in [9.17, 15) is 4.79 Å². The molecule has 1 amide bonds. The number of rotatable bonds is 8. The molecular weight excluding hydrogens is 296 g/mol. The predicted octanol–water partition coefficient (Wildman–Crippen LogP) is 1.74. The van der Waals surface area contributed by atoms with Gasteiger partial charge in [-0.15, -0.1) is 0 Å². The van der Waals surface area contributed by atoms with Crippen LogP contribution >= 0.6 is 0 Å². The number of nitrogens with one attached hydrogen (secondary N) is 2. The third-order valence-electron chi connectivity index (χ3n) is 3.23. The minimum atomic E-state index is -0.268. The van der Waals surface area contributed by atoms with E-state index in [4.69, 9.17) is 9.63 Å². The summed E-state index contributed by atoms with van der Waals surface area (Å²) in [5.74, 6) is 1.04. The average molecular weight is 318 g/mol. The van der Waals surface area contributed by atoms with E-state index in [1.54, 1.807) is 19.1 Å². The van der Waals surface area contributed by atoms with Crippen molar-refractivity contribution in [2.45, 2.75) is 39.3 Å². The van der Waals surface area contributed by atoms with E-state index in [0.717, 1.165) is 18.5 Å². The summed E-state index contributed by atoms with van der Waals surface area (Å²) < 4.78 is 5.15. The summed E-state index contributed by atoms with van der Waals surface area (Å²) in [4.78, 5) is 16.2. The van der Waals surface area contributed by atoms with Crippen LogP contribution in [0.4, 0.5) is 5.69 Å². The van der Waals surface area contributed by atoms with Crippen molar-refractivity contribution < 1.29 is 14.4 Å². The Kier molecular flexibility index (Phi) is 6.10. The van der Waals surface area contributed by atoms with Crippen molar-refractivity contribution in [1.82, 2.24) is 15.5 Å². The Labute approximate surface area is 135 Å². The third kappa shape index (κ3) is 5.07. The summed E-state index contributed by atoms with van der Waals surface area (Å²) in [6.45, 7) is 4.15. The Morgan fingerprint density at radius 2 is 2.09 bits per heavy atom. The smallest absolute Gasteiger partial charge is 0.251 e. The Morgan fingerprint density at radius 1 is 1.35 bits per heavy atom. The van der Waals surface area contributed by atoms with Crippen LogP contribution in [0.1, 0.15) is 42.3 Å². The van der Waals surface area contributed by atoms with Gasteiger partial charge in [0.2, 0.25) is 5.89 Å². The van der Waals surface area contributed by atoms with Gasteiger partial charge in [0.25, 0.3) is 5.91 Å². The number of aryl methyl sites for hydroxylation is 1. The summed E-state index contributed by atoms with van der Waals surface area (Å²) >= 11 is 0. The van der Waals surface area contributed by atoms with Crippen molar-refractivity contribution in [1.29, 1.82) is 0 Å². The Hall–Kier alpha value is -2.41. The molecule has 0 saturated heterocycles. The standard InChI is InChI=1S/C16H22N4O3/c1-3-4-14-19-15(23-20-14)9-17-13-7-5-12(6-8-13)16(22)18-11(2)10-21/h5-8,11,17,21H,3-4,9-10H2,1-2H3,(H,18,22). The fourth-order valence-electron chi connectivity index (χ4n) is 1.96. The maximum Gasteiger partial charge on any atom is 0.251 e. The molecule has 7 heteroatoms. The number of hydrogen-bond acceptors (Lipinski definition) is 6. The van der Waals surface area contributed by atoms with Crippen molar-refractivity contribution in [3.05, 3.63) is 41.5 Å². The van der Waals surface area contributed by atoms with Crippen LogP contribution in [-0.2, 0) is 13.0 Å². The lowest BCUT2D eigenvalue weighted by Gasteiger charge is -2.11. The first-order chi connectivity index (χ1) is 11.1. The average Bonchev–Trinajstić information content (AvgIpc) is 3.01. The van der Waals surface area contributed by atoms with Gasteiger partial charge in [0.05, 0.1) is 13.2 Å². The monoisotopic (exact) mass is 318 g/mol. The van der Waals surface area contributed by atoms with E-state index in [0.29, 0.717) is 23.8 Å². The van der Waals surface area contributed by atoms with E-state index in [-0.39, 0.29) is 18.6 Å². The zero-order chi connectivity index (χ0) is 16.7. The first-order valence-electron chi connectivity index (χ1n) is 7.69. The molecule has 3 N–H and O–H groups in total. The molecule has 0 aliphatic heterocycles. The molecule has 0 saturated carbocycles. The molecule has 1 aromatic carbocycles. The lowest BCUT2D eigenvalue weighted by Crippen LogP contribution is -2.34. The van der Waals surface area contributed by atoms with Crippen LogP contribution in [-0.4, -0.2) is 33.8 Å². The molecule has 0 aliphatic carbocycles. The van der Waals surface area contributed by atoms with Crippen molar-refractivity contribution in [2.75, 3.05) is 11.9 Å². The van der Waals surface area contributed by atoms with Crippen molar-refractivity contribution in [3.8, 4) is 0 Å². The van der Waals surface area contributed by atoms with Crippen LogP contribution < -0.4 is 10.6 Å². The molecule has 2 rings (SSSR count). The van der Waals surface area contributed by atoms with E-state index in [2.05, 4.69) is 27.7 Å². The highest BCUT2D eigenvalue weighted by molar-refractivity contribution is 5.94. The minimum absolute atomic E-state index is 0.0877. The van der Waals surface area contributed by atoms with Gasteiger partial charge < -0.3 is 20.3 Å². The number of nitrogens with zero attached hydrogens (tertiary/aromatic N) is 2. The highest BCUT2D eigenvalue weighted by Gasteiger charge is 2.09. The first kappa shape index (κ1) is 17.0. The van der Waals surface area contributed by atoms with Gasteiger partial charge in [-0.25, -0.2) is 0 Å². The highest BCUT2D eigenvalue weighted by Crippen LogP contribution is 2.11. The Morgan fingerprint density at radius 3 is 2.74 bits per heavy atom. The number of carbonyl (C=O) groups excluding carboxylic acids is 1. The SMILES string of the molecule is CCCc1noc(CNc2ccc(C(=O)NC(C)CO)cc2)n1. The summed E-state index contributed by atoms with van der Waals surface area (Å²) in [5.41, 5.74) is 1.39. The normalized spacial score (nSPS) is 12.0. The van der Waals surface area contributed by atoms with E-state index < -0.39 is 0 Å². The molecule has 0 bridgehead atoms. The molecule has 0 fully saturated rings. The Bertz CT molecular complexity index is 625. The van der Waals surface area contributed by atoms with Crippen LogP contribution in [0.3, 0.4) is 0 Å². The minimum Gasteiger partial charge on any atom is -0.394 e. The van der Waals surface area contributed by atoms with Gasteiger partial charge in [0.1, 0.15) is 0 Å². The number of benzene rings is 1. The van der Waals surface area contributed by atoms with Crippen molar-refractivity contribution in [2.24, 2.45) is 0 Å². The topological polar surface area (TPSA) is 100 Å². The van der Waals surface area contributed by atoms with Gasteiger partial charge in [-0.2, -0.15) is 4.98 Å². The quantitative estimate of drug-likeness (QED) is 0.685. The van der Waals surface area contributed by atoms with Gasteiger partial charge >= 0.3 is 0 Å². The third-order valence-corrected chi connectivity index (χ3v) is 3.23.